The third-order valence-electron chi connectivity index (χ3n) is 2.45. The van der Waals surface area contributed by atoms with Gasteiger partial charge in [-0.25, -0.2) is 0 Å². The number of amides is 1. The van der Waals surface area contributed by atoms with Gasteiger partial charge in [0.15, 0.2) is 6.23 Å². The molecule has 0 saturated carbocycles. The van der Waals surface area contributed by atoms with Gasteiger partial charge in [-0.3, -0.25) is 4.79 Å². The van der Waals surface area contributed by atoms with Crippen molar-refractivity contribution in [1.29, 1.82) is 0 Å². The summed E-state index contributed by atoms with van der Waals surface area (Å²) in [5, 5.41) is 0. The average Bonchev–Trinajstić information content (AvgIpc) is 2.45. The van der Waals surface area contributed by atoms with E-state index in [4.69, 9.17) is 4.74 Å². The number of carbonyl (C=O) groups excluding carboxylic acids is 1. The lowest BCUT2D eigenvalue weighted by Crippen LogP contribution is -2.24. The number of rotatable bonds is 2. The number of hydrogen-bond donors (Lipinski definition) is 0. The fourth-order valence-corrected chi connectivity index (χ4v) is 1.77. The molecule has 1 amide bonds. The van der Waals surface area contributed by atoms with Gasteiger partial charge < -0.3 is 9.64 Å². The zero-order chi connectivity index (χ0) is 10.1. The van der Waals surface area contributed by atoms with E-state index in [1.807, 2.05) is 31.2 Å². The molecule has 0 bridgehead atoms. The van der Waals surface area contributed by atoms with Gasteiger partial charge in [-0.2, -0.15) is 0 Å². The Bertz CT molecular complexity index is 362. The first-order chi connectivity index (χ1) is 6.75. The van der Waals surface area contributed by atoms with E-state index in [-0.39, 0.29) is 12.1 Å². The van der Waals surface area contributed by atoms with Crippen LogP contribution in [0.4, 0.5) is 0 Å². The largest absolute Gasteiger partial charge is 0.354 e. The van der Waals surface area contributed by atoms with Crippen LogP contribution in [0, 0.1) is 0 Å². The summed E-state index contributed by atoms with van der Waals surface area (Å²) in [5.74, 6) is 0.0408. The van der Waals surface area contributed by atoms with Gasteiger partial charge in [-0.1, -0.05) is 18.2 Å². The van der Waals surface area contributed by atoms with Crippen molar-refractivity contribution in [1.82, 2.24) is 4.90 Å². The van der Waals surface area contributed by atoms with Crippen molar-refractivity contribution in [3.05, 3.63) is 35.4 Å². The molecule has 0 spiro atoms. The minimum atomic E-state index is -0.205. The third-order valence-corrected chi connectivity index (χ3v) is 2.45. The number of carbonyl (C=O) groups is 1. The molecule has 0 radical (unpaired) electrons. The van der Waals surface area contributed by atoms with Gasteiger partial charge >= 0.3 is 0 Å². The quantitative estimate of drug-likeness (QED) is 0.713. The highest BCUT2D eigenvalue weighted by molar-refractivity contribution is 5.98. The van der Waals surface area contributed by atoms with Crippen molar-refractivity contribution in [3.63, 3.8) is 0 Å². The summed E-state index contributed by atoms with van der Waals surface area (Å²) in [4.78, 5) is 13.4. The van der Waals surface area contributed by atoms with E-state index in [2.05, 4.69) is 0 Å². The Kier molecular flexibility index (Phi) is 2.25. The lowest BCUT2D eigenvalue weighted by Gasteiger charge is -2.19. The van der Waals surface area contributed by atoms with Crippen LogP contribution in [0.15, 0.2) is 24.3 Å². The van der Waals surface area contributed by atoms with Crippen LogP contribution in [0.3, 0.4) is 0 Å². The third kappa shape index (κ3) is 1.21. The Morgan fingerprint density at radius 3 is 2.86 bits per heavy atom. The van der Waals surface area contributed by atoms with Crippen molar-refractivity contribution in [3.8, 4) is 0 Å². The van der Waals surface area contributed by atoms with Crippen LogP contribution in [0.2, 0.25) is 0 Å². The van der Waals surface area contributed by atoms with Crippen molar-refractivity contribution in [2.24, 2.45) is 0 Å². The highest BCUT2D eigenvalue weighted by atomic mass is 16.5. The van der Waals surface area contributed by atoms with Crippen molar-refractivity contribution in [2.75, 3.05) is 13.7 Å². The summed E-state index contributed by atoms with van der Waals surface area (Å²) in [6.45, 7) is 2.54. The first-order valence-electron chi connectivity index (χ1n) is 4.73. The molecular formula is C11H13NO2. The molecular weight excluding hydrogens is 178 g/mol. The number of ether oxygens (including phenoxy) is 1. The maximum atomic E-state index is 11.7. The van der Waals surface area contributed by atoms with Crippen molar-refractivity contribution in [2.45, 2.75) is 13.2 Å². The first kappa shape index (κ1) is 9.21. The second kappa shape index (κ2) is 3.42. The van der Waals surface area contributed by atoms with Crippen LogP contribution >= 0.6 is 0 Å². The number of hydrogen-bond acceptors (Lipinski definition) is 2. The molecule has 0 aliphatic carbocycles. The Morgan fingerprint density at radius 1 is 1.43 bits per heavy atom. The SMILES string of the molecule is CCOC1c2ccccc2C(=O)N1C. The van der Waals surface area contributed by atoms with Crippen LogP contribution in [0.25, 0.3) is 0 Å². The summed E-state index contributed by atoms with van der Waals surface area (Å²) in [6.07, 6.45) is -0.205. The van der Waals surface area contributed by atoms with E-state index in [0.29, 0.717) is 6.61 Å². The van der Waals surface area contributed by atoms with Gasteiger partial charge in [-0.15, -0.1) is 0 Å². The molecule has 1 aromatic rings. The van der Waals surface area contributed by atoms with E-state index in [1.165, 1.54) is 0 Å². The summed E-state index contributed by atoms with van der Waals surface area (Å²) in [6, 6.07) is 7.58. The van der Waals surface area contributed by atoms with E-state index in [0.717, 1.165) is 11.1 Å². The molecule has 0 N–H and O–H groups in total. The second-order valence-corrected chi connectivity index (χ2v) is 3.31. The van der Waals surface area contributed by atoms with Crippen LogP contribution in [0.1, 0.15) is 29.1 Å². The lowest BCUT2D eigenvalue weighted by atomic mass is 10.1. The van der Waals surface area contributed by atoms with E-state index < -0.39 is 0 Å². The van der Waals surface area contributed by atoms with E-state index in [9.17, 15) is 4.79 Å². The minimum absolute atomic E-state index is 0.0408. The molecule has 1 aliphatic rings. The second-order valence-electron chi connectivity index (χ2n) is 3.31. The molecule has 3 heteroatoms. The van der Waals surface area contributed by atoms with Gasteiger partial charge in [0, 0.05) is 24.8 Å². The molecule has 74 valence electrons. The fourth-order valence-electron chi connectivity index (χ4n) is 1.77. The summed E-state index contributed by atoms with van der Waals surface area (Å²) in [7, 11) is 1.77. The van der Waals surface area contributed by atoms with Crippen molar-refractivity contribution < 1.29 is 9.53 Å². The molecule has 1 heterocycles. The lowest BCUT2D eigenvalue weighted by molar-refractivity contribution is -0.0234. The maximum Gasteiger partial charge on any atom is 0.256 e. The van der Waals surface area contributed by atoms with E-state index in [1.54, 1.807) is 11.9 Å². The van der Waals surface area contributed by atoms with Gasteiger partial charge in [0.1, 0.15) is 0 Å². The number of benzene rings is 1. The van der Waals surface area contributed by atoms with Crippen molar-refractivity contribution >= 4 is 5.91 Å². The fraction of sp³-hybridized carbons (Fsp3) is 0.364. The molecule has 0 aromatic heterocycles. The highest BCUT2D eigenvalue weighted by Gasteiger charge is 2.33. The molecule has 0 saturated heterocycles. The molecule has 2 rings (SSSR count). The maximum absolute atomic E-state index is 11.7. The number of nitrogens with zero attached hydrogens (tertiary/aromatic N) is 1. The first-order valence-corrected chi connectivity index (χ1v) is 4.73. The number of fused-ring (bicyclic) bond motifs is 1. The zero-order valence-electron chi connectivity index (χ0n) is 8.36. The molecule has 3 nitrogen and oxygen atoms in total. The summed E-state index contributed by atoms with van der Waals surface area (Å²) < 4.78 is 5.52. The Hall–Kier alpha value is -1.35. The van der Waals surface area contributed by atoms with Crippen LogP contribution < -0.4 is 0 Å². The molecule has 0 fully saturated rings. The molecule has 14 heavy (non-hydrogen) atoms. The molecule has 1 aromatic carbocycles. The van der Waals surface area contributed by atoms with Crippen LogP contribution in [-0.4, -0.2) is 24.5 Å². The van der Waals surface area contributed by atoms with Gasteiger partial charge in [0.05, 0.1) is 0 Å². The Labute approximate surface area is 83.3 Å². The van der Waals surface area contributed by atoms with Crippen LogP contribution in [0.5, 0.6) is 0 Å². The molecule has 1 aliphatic heterocycles. The Balaban J connectivity index is 2.42. The van der Waals surface area contributed by atoms with Crippen LogP contribution in [-0.2, 0) is 4.74 Å². The predicted molar refractivity (Wildman–Crippen MR) is 52.9 cm³/mol. The zero-order valence-corrected chi connectivity index (χ0v) is 8.36. The topological polar surface area (TPSA) is 29.5 Å². The standard InChI is InChI=1S/C11H13NO2/c1-3-14-11-9-7-5-4-6-8(9)10(13)12(11)2/h4-7,11H,3H2,1-2H3. The molecule has 1 unspecified atom stereocenters. The summed E-state index contributed by atoms with van der Waals surface area (Å²) >= 11 is 0. The highest BCUT2D eigenvalue weighted by Crippen LogP contribution is 2.32. The normalized spacial score (nSPS) is 20.0. The molecule has 1 atom stereocenters. The predicted octanol–water partition coefficient (Wildman–Crippen LogP) is 1.81. The monoisotopic (exact) mass is 191 g/mol. The van der Waals surface area contributed by atoms with Gasteiger partial charge in [0.25, 0.3) is 5.91 Å². The minimum Gasteiger partial charge on any atom is -0.354 e. The smallest absolute Gasteiger partial charge is 0.256 e. The average molecular weight is 191 g/mol. The van der Waals surface area contributed by atoms with Gasteiger partial charge in [0.2, 0.25) is 0 Å². The Morgan fingerprint density at radius 2 is 2.14 bits per heavy atom. The summed E-state index contributed by atoms with van der Waals surface area (Å²) in [5.41, 5.74) is 1.73. The van der Waals surface area contributed by atoms with Gasteiger partial charge in [-0.05, 0) is 13.0 Å². The van der Waals surface area contributed by atoms with E-state index >= 15 is 0 Å².